The zero-order valence-corrected chi connectivity index (χ0v) is 12.3. The van der Waals surface area contributed by atoms with Crippen LogP contribution in [0.5, 0.6) is 5.75 Å². The van der Waals surface area contributed by atoms with Gasteiger partial charge in [0.25, 0.3) is 0 Å². The maximum absolute atomic E-state index is 12.1. The summed E-state index contributed by atoms with van der Waals surface area (Å²) in [6.07, 6.45) is 4.85. The lowest BCUT2D eigenvalue weighted by Crippen LogP contribution is -2.35. The van der Waals surface area contributed by atoms with Crippen molar-refractivity contribution in [2.24, 2.45) is 11.7 Å². The van der Waals surface area contributed by atoms with Gasteiger partial charge < -0.3 is 16.2 Å². The summed E-state index contributed by atoms with van der Waals surface area (Å²) in [4.78, 5) is 12.1. The van der Waals surface area contributed by atoms with Crippen molar-refractivity contribution in [3.8, 4) is 5.75 Å². The number of hydrogen-bond donors (Lipinski definition) is 3. The van der Waals surface area contributed by atoms with E-state index in [1.54, 1.807) is 0 Å². The van der Waals surface area contributed by atoms with Crippen molar-refractivity contribution in [1.29, 1.82) is 0 Å². The Kier molecular flexibility index (Phi) is 4.65. The predicted molar refractivity (Wildman–Crippen MR) is 80.8 cm³/mol. The van der Waals surface area contributed by atoms with E-state index in [2.05, 4.69) is 5.32 Å². The molecule has 4 N–H and O–H groups in total. The molecule has 1 aliphatic rings. The quantitative estimate of drug-likeness (QED) is 0.794. The Bertz CT molecular complexity index is 499. The minimum atomic E-state index is -0.0151. The highest BCUT2D eigenvalue weighted by atomic mass is 16.3. The number of aromatic hydroxyl groups is 1. The molecule has 0 heterocycles. The van der Waals surface area contributed by atoms with Crippen LogP contribution in [0.3, 0.4) is 0 Å². The van der Waals surface area contributed by atoms with Gasteiger partial charge in [-0.25, -0.2) is 0 Å². The fourth-order valence-corrected chi connectivity index (χ4v) is 2.90. The Hall–Kier alpha value is -1.55. The second-order valence-corrected chi connectivity index (χ2v) is 5.86. The average Bonchev–Trinajstić information content (AvgIpc) is 2.42. The van der Waals surface area contributed by atoms with Gasteiger partial charge in [-0.3, -0.25) is 4.79 Å². The topological polar surface area (TPSA) is 75.4 Å². The van der Waals surface area contributed by atoms with E-state index in [1.807, 2.05) is 26.0 Å². The van der Waals surface area contributed by atoms with Crippen LogP contribution in [0.25, 0.3) is 0 Å². The first-order chi connectivity index (χ1) is 9.49. The van der Waals surface area contributed by atoms with E-state index in [0.717, 1.165) is 24.8 Å². The van der Waals surface area contributed by atoms with Crippen LogP contribution in [0, 0.1) is 19.8 Å². The molecule has 0 aliphatic heterocycles. The third kappa shape index (κ3) is 3.31. The second kappa shape index (κ2) is 6.27. The minimum Gasteiger partial charge on any atom is -0.507 e. The van der Waals surface area contributed by atoms with E-state index in [1.165, 1.54) is 6.42 Å². The Balaban J connectivity index is 1.99. The summed E-state index contributed by atoms with van der Waals surface area (Å²) in [5.74, 6) is 0.513. The van der Waals surface area contributed by atoms with Crippen molar-refractivity contribution < 1.29 is 9.90 Å². The number of phenols is 1. The van der Waals surface area contributed by atoms with Crippen LogP contribution in [0.4, 0.5) is 5.69 Å². The normalized spacial score (nSPS) is 22.6. The molecule has 4 nitrogen and oxygen atoms in total. The van der Waals surface area contributed by atoms with Gasteiger partial charge in [0.05, 0.1) is 0 Å². The monoisotopic (exact) mass is 276 g/mol. The molecule has 2 unspecified atom stereocenters. The third-order valence-electron chi connectivity index (χ3n) is 4.32. The molecule has 2 rings (SSSR count). The zero-order valence-electron chi connectivity index (χ0n) is 12.3. The van der Waals surface area contributed by atoms with Gasteiger partial charge in [0.1, 0.15) is 5.75 Å². The third-order valence-corrected chi connectivity index (χ3v) is 4.32. The Morgan fingerprint density at radius 2 is 2.05 bits per heavy atom. The van der Waals surface area contributed by atoms with Gasteiger partial charge in [0, 0.05) is 23.7 Å². The molecule has 2 atom stereocenters. The first-order valence-electron chi connectivity index (χ1n) is 7.33. The van der Waals surface area contributed by atoms with E-state index in [4.69, 9.17) is 5.73 Å². The summed E-state index contributed by atoms with van der Waals surface area (Å²) in [5, 5.41) is 12.8. The lowest BCUT2D eigenvalue weighted by Gasteiger charge is -2.28. The molecule has 1 amide bonds. The summed E-state index contributed by atoms with van der Waals surface area (Å²) >= 11 is 0. The first kappa shape index (κ1) is 14.9. The number of rotatable bonds is 3. The molecule has 1 aromatic rings. The maximum Gasteiger partial charge on any atom is 0.224 e. The number of anilines is 1. The van der Waals surface area contributed by atoms with Gasteiger partial charge in [0.2, 0.25) is 5.91 Å². The Morgan fingerprint density at radius 1 is 1.35 bits per heavy atom. The average molecular weight is 276 g/mol. The number of hydrogen-bond acceptors (Lipinski definition) is 3. The Labute approximate surface area is 120 Å². The van der Waals surface area contributed by atoms with E-state index in [-0.39, 0.29) is 23.6 Å². The van der Waals surface area contributed by atoms with Crippen LogP contribution >= 0.6 is 0 Å². The lowest BCUT2D eigenvalue weighted by molar-refractivity contribution is -0.117. The molecule has 4 heteroatoms. The van der Waals surface area contributed by atoms with Crippen molar-refractivity contribution in [2.45, 2.75) is 52.0 Å². The highest BCUT2D eigenvalue weighted by Crippen LogP contribution is 2.29. The minimum absolute atomic E-state index is 0.0151. The summed E-state index contributed by atoms with van der Waals surface area (Å²) in [7, 11) is 0. The smallest absolute Gasteiger partial charge is 0.224 e. The van der Waals surface area contributed by atoms with Crippen LogP contribution in [0.2, 0.25) is 0 Å². The van der Waals surface area contributed by atoms with Crippen molar-refractivity contribution in [3.63, 3.8) is 0 Å². The van der Waals surface area contributed by atoms with E-state index in [0.29, 0.717) is 17.7 Å². The highest BCUT2D eigenvalue weighted by Gasteiger charge is 2.24. The zero-order chi connectivity index (χ0) is 14.7. The molecule has 110 valence electrons. The van der Waals surface area contributed by atoms with Gasteiger partial charge in [-0.05, 0) is 44.2 Å². The molecule has 0 radical (unpaired) electrons. The summed E-state index contributed by atoms with van der Waals surface area (Å²) in [5.41, 5.74) is 8.29. The fraction of sp³-hybridized carbons (Fsp3) is 0.562. The number of nitrogens with one attached hydrogen (secondary N) is 1. The van der Waals surface area contributed by atoms with Crippen molar-refractivity contribution >= 4 is 11.6 Å². The van der Waals surface area contributed by atoms with Gasteiger partial charge in [-0.15, -0.1) is 0 Å². The first-order valence-corrected chi connectivity index (χ1v) is 7.33. The van der Waals surface area contributed by atoms with Gasteiger partial charge in [0.15, 0.2) is 0 Å². The molecule has 0 bridgehead atoms. The maximum atomic E-state index is 12.1. The van der Waals surface area contributed by atoms with Crippen molar-refractivity contribution in [3.05, 3.63) is 23.3 Å². The largest absolute Gasteiger partial charge is 0.507 e. The summed E-state index contributed by atoms with van der Waals surface area (Å²) < 4.78 is 0. The molecule has 20 heavy (non-hydrogen) atoms. The molecule has 1 fully saturated rings. The van der Waals surface area contributed by atoms with Crippen LogP contribution in [-0.4, -0.2) is 17.1 Å². The van der Waals surface area contributed by atoms with Crippen molar-refractivity contribution in [1.82, 2.24) is 0 Å². The van der Waals surface area contributed by atoms with E-state index >= 15 is 0 Å². The molecular weight excluding hydrogens is 252 g/mol. The predicted octanol–water partition coefficient (Wildman–Crippen LogP) is 2.86. The molecule has 1 aromatic carbocycles. The highest BCUT2D eigenvalue weighted by molar-refractivity contribution is 5.92. The van der Waals surface area contributed by atoms with Crippen LogP contribution in [0.15, 0.2) is 12.1 Å². The number of carbonyl (C=O) groups excluding carboxylic acids is 1. The van der Waals surface area contributed by atoms with Crippen LogP contribution < -0.4 is 11.1 Å². The van der Waals surface area contributed by atoms with Crippen LogP contribution in [-0.2, 0) is 4.79 Å². The molecular formula is C16H24N2O2. The van der Waals surface area contributed by atoms with E-state index in [9.17, 15) is 9.90 Å². The molecule has 0 spiro atoms. The number of aryl methyl sites for hydroxylation is 1. The van der Waals surface area contributed by atoms with Crippen LogP contribution in [0.1, 0.15) is 43.2 Å². The summed E-state index contributed by atoms with van der Waals surface area (Å²) in [6.45, 7) is 3.65. The molecule has 1 saturated carbocycles. The van der Waals surface area contributed by atoms with E-state index < -0.39 is 0 Å². The van der Waals surface area contributed by atoms with Crippen molar-refractivity contribution in [2.75, 3.05) is 5.32 Å². The molecule has 0 aromatic heterocycles. The fourth-order valence-electron chi connectivity index (χ4n) is 2.90. The number of amides is 1. The Morgan fingerprint density at radius 3 is 2.75 bits per heavy atom. The van der Waals surface area contributed by atoms with Gasteiger partial charge >= 0.3 is 0 Å². The molecule has 1 aliphatic carbocycles. The number of carbonyl (C=O) groups is 1. The molecule has 0 saturated heterocycles. The SMILES string of the molecule is Cc1ccc(NC(=O)CC2CCCCC2N)c(C)c1O. The number of nitrogens with two attached hydrogens (primary N) is 1. The van der Waals surface area contributed by atoms with Gasteiger partial charge in [-0.1, -0.05) is 18.9 Å². The lowest BCUT2D eigenvalue weighted by atomic mass is 9.83. The standard InChI is InChI=1S/C16H24N2O2/c1-10-7-8-14(11(2)16(10)20)18-15(19)9-12-5-3-4-6-13(12)17/h7-8,12-13,20H,3-6,9,17H2,1-2H3,(H,18,19). The number of phenolic OH excluding ortho intramolecular Hbond substituents is 1. The second-order valence-electron chi connectivity index (χ2n) is 5.86. The summed E-state index contributed by atoms with van der Waals surface area (Å²) in [6, 6.07) is 3.79. The number of benzene rings is 1. The van der Waals surface area contributed by atoms with Gasteiger partial charge in [-0.2, -0.15) is 0 Å².